The number of hydrogen-bond acceptors (Lipinski definition) is 7. The van der Waals surface area contributed by atoms with Crippen LogP contribution in [0.1, 0.15) is 20.7 Å². The minimum absolute atomic E-state index is 0.117. The number of nitrogens with two attached hydrogens (primary N) is 2. The maximum absolute atomic E-state index is 11.2. The van der Waals surface area contributed by atoms with Crippen molar-refractivity contribution in [3.63, 3.8) is 0 Å². The highest BCUT2D eigenvalue weighted by Crippen LogP contribution is 2.22. The molecular weight excluding hydrogens is 328 g/mol. The maximum atomic E-state index is 11.2. The Bertz CT molecular complexity index is 761. The summed E-state index contributed by atoms with van der Waals surface area (Å²) in [6.07, 6.45) is 0. The molecule has 0 spiro atoms. The lowest BCUT2D eigenvalue weighted by Crippen LogP contribution is -2.04. The summed E-state index contributed by atoms with van der Waals surface area (Å²) in [5.41, 5.74) is 12.5. The number of carbonyl (C=O) groups excluding carboxylic acids is 1. The number of methoxy groups -OCH3 is 3. The van der Waals surface area contributed by atoms with E-state index in [1.165, 1.54) is 39.5 Å². The number of carboxylic acid groups (broad SMARTS) is 1. The molecule has 5 N–H and O–H groups in total. The predicted octanol–water partition coefficient (Wildman–Crippen LogP) is 2.04. The summed E-state index contributed by atoms with van der Waals surface area (Å²) in [4.78, 5) is 21.7. The van der Waals surface area contributed by atoms with Crippen LogP contribution in [-0.4, -0.2) is 38.4 Å². The zero-order valence-corrected chi connectivity index (χ0v) is 14.1. The highest BCUT2D eigenvalue weighted by atomic mass is 16.5. The van der Waals surface area contributed by atoms with Crippen molar-refractivity contribution < 1.29 is 28.9 Å². The fourth-order valence-electron chi connectivity index (χ4n) is 1.87. The fourth-order valence-corrected chi connectivity index (χ4v) is 1.87. The summed E-state index contributed by atoms with van der Waals surface area (Å²) < 4.78 is 14.4. The first-order valence-electron chi connectivity index (χ1n) is 7.02. The van der Waals surface area contributed by atoms with E-state index in [-0.39, 0.29) is 11.3 Å². The van der Waals surface area contributed by atoms with Gasteiger partial charge in [0.25, 0.3) is 0 Å². The molecule has 0 aliphatic carbocycles. The first-order chi connectivity index (χ1) is 11.8. The van der Waals surface area contributed by atoms with Gasteiger partial charge in [-0.05, 0) is 24.3 Å². The van der Waals surface area contributed by atoms with Crippen LogP contribution in [0.2, 0.25) is 0 Å². The van der Waals surface area contributed by atoms with Gasteiger partial charge in [-0.15, -0.1) is 0 Å². The molecule has 25 heavy (non-hydrogen) atoms. The molecule has 134 valence electrons. The van der Waals surface area contributed by atoms with Crippen molar-refractivity contribution in [3.05, 3.63) is 47.5 Å². The van der Waals surface area contributed by atoms with Crippen LogP contribution < -0.4 is 20.9 Å². The van der Waals surface area contributed by atoms with E-state index < -0.39 is 11.9 Å². The molecule has 0 fully saturated rings. The number of aromatic carboxylic acids is 1. The SMILES string of the molecule is COC(=O)c1ccc(N)cc1OC.COc1cc(N)ccc1C(=O)O. The quantitative estimate of drug-likeness (QED) is 0.564. The van der Waals surface area contributed by atoms with Crippen molar-refractivity contribution in [1.82, 2.24) is 0 Å². The standard InChI is InChI=1S/C9H11NO3.C8H9NO3/c1-12-8-5-6(10)3-4-7(8)9(11)13-2;1-12-7-4-5(9)2-3-6(7)8(10)11/h3-5H,10H2,1-2H3;2-4H,9H2,1H3,(H,10,11). The van der Waals surface area contributed by atoms with E-state index in [4.69, 9.17) is 26.0 Å². The Morgan fingerprint density at radius 3 is 1.68 bits per heavy atom. The van der Waals surface area contributed by atoms with E-state index in [2.05, 4.69) is 4.74 Å². The molecule has 0 saturated carbocycles. The average Bonchev–Trinajstić information content (AvgIpc) is 2.60. The first kappa shape index (κ1) is 19.6. The van der Waals surface area contributed by atoms with Crippen molar-refractivity contribution in [2.75, 3.05) is 32.8 Å². The number of benzene rings is 2. The number of hydrogen-bond donors (Lipinski definition) is 3. The van der Waals surface area contributed by atoms with E-state index in [9.17, 15) is 9.59 Å². The zero-order chi connectivity index (χ0) is 19.0. The Hall–Kier alpha value is -3.42. The van der Waals surface area contributed by atoms with Crippen molar-refractivity contribution in [1.29, 1.82) is 0 Å². The van der Waals surface area contributed by atoms with Crippen LogP contribution in [0.4, 0.5) is 11.4 Å². The Labute approximate surface area is 144 Å². The third kappa shape index (κ3) is 5.31. The van der Waals surface area contributed by atoms with E-state index in [1.54, 1.807) is 18.2 Å². The van der Waals surface area contributed by atoms with E-state index >= 15 is 0 Å². The van der Waals surface area contributed by atoms with Gasteiger partial charge >= 0.3 is 11.9 Å². The summed E-state index contributed by atoms with van der Waals surface area (Å²) in [6, 6.07) is 9.17. The highest BCUT2D eigenvalue weighted by Gasteiger charge is 2.12. The van der Waals surface area contributed by atoms with Gasteiger partial charge in [-0.25, -0.2) is 9.59 Å². The molecule has 0 heterocycles. The van der Waals surface area contributed by atoms with Gasteiger partial charge < -0.3 is 30.8 Å². The molecule has 0 aliphatic rings. The molecule has 0 amide bonds. The second-order valence-electron chi connectivity index (χ2n) is 4.72. The van der Waals surface area contributed by atoms with Gasteiger partial charge in [0.05, 0.1) is 21.3 Å². The molecular formula is C17H20N2O6. The highest BCUT2D eigenvalue weighted by molar-refractivity contribution is 5.93. The molecule has 8 heteroatoms. The summed E-state index contributed by atoms with van der Waals surface area (Å²) >= 11 is 0. The van der Waals surface area contributed by atoms with Crippen LogP contribution >= 0.6 is 0 Å². The second kappa shape index (κ2) is 9.02. The lowest BCUT2D eigenvalue weighted by Gasteiger charge is -2.06. The molecule has 2 aromatic carbocycles. The van der Waals surface area contributed by atoms with Crippen LogP contribution in [0.5, 0.6) is 11.5 Å². The van der Waals surface area contributed by atoms with Crippen LogP contribution in [-0.2, 0) is 4.74 Å². The van der Waals surface area contributed by atoms with Crippen LogP contribution in [0, 0.1) is 0 Å². The molecule has 0 atom stereocenters. The van der Waals surface area contributed by atoms with Gasteiger partial charge in [-0.2, -0.15) is 0 Å². The fraction of sp³-hybridized carbons (Fsp3) is 0.176. The lowest BCUT2D eigenvalue weighted by atomic mass is 10.2. The van der Waals surface area contributed by atoms with Gasteiger partial charge in [-0.3, -0.25) is 0 Å². The van der Waals surface area contributed by atoms with Gasteiger partial charge in [-0.1, -0.05) is 0 Å². The molecule has 0 unspecified atom stereocenters. The number of carboxylic acids is 1. The summed E-state index contributed by atoms with van der Waals surface area (Å²) in [5, 5.41) is 8.67. The monoisotopic (exact) mass is 348 g/mol. The third-order valence-electron chi connectivity index (χ3n) is 3.09. The zero-order valence-electron chi connectivity index (χ0n) is 14.1. The van der Waals surface area contributed by atoms with Gasteiger partial charge in [0, 0.05) is 23.5 Å². The molecule has 0 radical (unpaired) electrons. The number of ether oxygens (including phenoxy) is 3. The Balaban J connectivity index is 0.000000251. The topological polar surface area (TPSA) is 134 Å². The number of carbonyl (C=O) groups is 2. The first-order valence-corrected chi connectivity index (χ1v) is 7.02. The second-order valence-corrected chi connectivity index (χ2v) is 4.72. The maximum Gasteiger partial charge on any atom is 0.341 e. The molecule has 8 nitrogen and oxygen atoms in total. The van der Waals surface area contributed by atoms with Crippen LogP contribution in [0.15, 0.2) is 36.4 Å². The molecule has 2 aromatic rings. The van der Waals surface area contributed by atoms with Crippen molar-refractivity contribution in [2.45, 2.75) is 0 Å². The van der Waals surface area contributed by atoms with Crippen molar-refractivity contribution >= 4 is 23.3 Å². The number of anilines is 2. The minimum atomic E-state index is -1.02. The normalized spacial score (nSPS) is 9.40. The summed E-state index contributed by atoms with van der Waals surface area (Å²) in [5.74, 6) is -0.752. The Morgan fingerprint density at radius 1 is 0.840 bits per heavy atom. The Kier molecular flexibility index (Phi) is 7.08. The number of rotatable bonds is 4. The van der Waals surface area contributed by atoms with Gasteiger partial charge in [0.2, 0.25) is 0 Å². The number of nitrogen functional groups attached to an aromatic ring is 2. The van der Waals surface area contributed by atoms with E-state index in [0.717, 1.165) is 0 Å². The lowest BCUT2D eigenvalue weighted by molar-refractivity contribution is 0.0596. The summed E-state index contributed by atoms with van der Waals surface area (Å²) in [6.45, 7) is 0. The molecule has 0 aliphatic heterocycles. The van der Waals surface area contributed by atoms with Crippen LogP contribution in [0.25, 0.3) is 0 Å². The van der Waals surface area contributed by atoms with Crippen molar-refractivity contribution in [2.24, 2.45) is 0 Å². The van der Waals surface area contributed by atoms with Crippen molar-refractivity contribution in [3.8, 4) is 11.5 Å². The van der Waals surface area contributed by atoms with E-state index in [1.807, 2.05) is 0 Å². The molecule has 0 saturated heterocycles. The smallest absolute Gasteiger partial charge is 0.341 e. The number of esters is 1. The molecule has 0 aromatic heterocycles. The third-order valence-corrected chi connectivity index (χ3v) is 3.09. The largest absolute Gasteiger partial charge is 0.496 e. The molecule has 2 rings (SSSR count). The van der Waals surface area contributed by atoms with E-state index in [0.29, 0.717) is 22.7 Å². The Morgan fingerprint density at radius 2 is 1.28 bits per heavy atom. The molecule has 0 bridgehead atoms. The average molecular weight is 348 g/mol. The predicted molar refractivity (Wildman–Crippen MR) is 93.1 cm³/mol. The summed E-state index contributed by atoms with van der Waals surface area (Å²) in [7, 11) is 4.19. The van der Waals surface area contributed by atoms with Crippen LogP contribution in [0.3, 0.4) is 0 Å². The minimum Gasteiger partial charge on any atom is -0.496 e. The van der Waals surface area contributed by atoms with Gasteiger partial charge in [0.1, 0.15) is 22.6 Å². The van der Waals surface area contributed by atoms with Gasteiger partial charge in [0.15, 0.2) is 0 Å².